The first-order chi connectivity index (χ1) is 22.8. The molecule has 2 aliphatic heterocycles. The molecule has 14 nitrogen and oxygen atoms in total. The number of carboxylic acids is 1. The molecule has 252 valence electrons. The van der Waals surface area contributed by atoms with E-state index in [2.05, 4.69) is 20.4 Å². The van der Waals surface area contributed by atoms with Crippen LogP contribution in [0, 0.1) is 11.6 Å². The molecule has 1 saturated heterocycles. The van der Waals surface area contributed by atoms with E-state index in [1.165, 1.54) is 35.2 Å². The normalized spacial score (nSPS) is 16.0. The number of carbonyl (C=O) groups is 3. The van der Waals surface area contributed by atoms with Crippen molar-refractivity contribution < 1.29 is 41.4 Å². The molecule has 2 aliphatic rings. The van der Waals surface area contributed by atoms with Gasteiger partial charge in [0.15, 0.2) is 5.82 Å². The van der Waals surface area contributed by atoms with Crippen LogP contribution in [0.15, 0.2) is 53.7 Å². The third-order valence-electron chi connectivity index (χ3n) is 8.39. The molecule has 2 aromatic carbocycles. The SMILES string of the molecule is CN1CCC(Oc2cc(C(N)=O)c(C(=O)Nc3n[nH]c4c3CN(S(=O)(=O)c3cc(F)cc(F)c3)CC4)cc2-n2ccc(C(=O)O)c2)CC1. The van der Waals surface area contributed by atoms with Gasteiger partial charge in [-0.05, 0) is 50.2 Å². The summed E-state index contributed by atoms with van der Waals surface area (Å²) in [6.45, 7) is 1.26. The highest BCUT2D eigenvalue weighted by Gasteiger charge is 2.33. The van der Waals surface area contributed by atoms with Gasteiger partial charge in [0.25, 0.3) is 5.91 Å². The van der Waals surface area contributed by atoms with E-state index in [0.29, 0.717) is 30.2 Å². The van der Waals surface area contributed by atoms with Gasteiger partial charge in [0, 0.05) is 62.3 Å². The van der Waals surface area contributed by atoms with Gasteiger partial charge in [0.2, 0.25) is 15.9 Å². The summed E-state index contributed by atoms with van der Waals surface area (Å²) in [6.07, 6.45) is 4.16. The fourth-order valence-electron chi connectivity index (χ4n) is 5.79. The van der Waals surface area contributed by atoms with Gasteiger partial charge in [-0.1, -0.05) is 0 Å². The summed E-state index contributed by atoms with van der Waals surface area (Å²) in [5, 5.41) is 19.0. The van der Waals surface area contributed by atoms with E-state index < -0.39 is 44.3 Å². The molecule has 0 saturated carbocycles. The quantitative estimate of drug-likeness (QED) is 0.205. The number of ether oxygens (including phenoxy) is 1. The van der Waals surface area contributed by atoms with Crippen LogP contribution >= 0.6 is 0 Å². The molecule has 0 atom stereocenters. The van der Waals surface area contributed by atoms with E-state index in [1.807, 2.05) is 7.05 Å². The molecule has 2 aromatic heterocycles. The van der Waals surface area contributed by atoms with Crippen molar-refractivity contribution >= 4 is 33.6 Å². The number of primary amides is 1. The molecule has 0 bridgehead atoms. The van der Waals surface area contributed by atoms with Crippen molar-refractivity contribution in [2.75, 3.05) is 32.0 Å². The Kier molecular flexibility index (Phi) is 8.76. The molecule has 2 amide bonds. The molecule has 17 heteroatoms. The number of carboxylic acid groups (broad SMARTS) is 1. The lowest BCUT2D eigenvalue weighted by Crippen LogP contribution is -2.36. The van der Waals surface area contributed by atoms with Crippen LogP contribution < -0.4 is 15.8 Å². The largest absolute Gasteiger partial charge is 0.488 e. The van der Waals surface area contributed by atoms with Crippen LogP contribution in [0.25, 0.3) is 5.69 Å². The highest BCUT2D eigenvalue weighted by molar-refractivity contribution is 7.89. The van der Waals surface area contributed by atoms with Crippen LogP contribution in [0.2, 0.25) is 0 Å². The van der Waals surface area contributed by atoms with Crippen LogP contribution in [0.1, 0.15) is 55.2 Å². The number of rotatable bonds is 9. The summed E-state index contributed by atoms with van der Waals surface area (Å²) in [5.74, 6) is -4.82. The number of nitrogens with two attached hydrogens (primary N) is 1. The number of hydrogen-bond acceptors (Lipinski definition) is 8. The monoisotopic (exact) mass is 683 g/mol. The molecule has 0 unspecified atom stereocenters. The number of amides is 2. The lowest BCUT2D eigenvalue weighted by Gasteiger charge is -2.30. The second-order valence-electron chi connectivity index (χ2n) is 11.6. The summed E-state index contributed by atoms with van der Waals surface area (Å²) in [5.41, 5.74) is 6.48. The highest BCUT2D eigenvalue weighted by atomic mass is 32.2. The summed E-state index contributed by atoms with van der Waals surface area (Å²) in [4.78, 5) is 39.7. The summed E-state index contributed by atoms with van der Waals surface area (Å²) >= 11 is 0. The molecule has 0 radical (unpaired) electrons. The number of sulfonamides is 1. The Labute approximate surface area is 273 Å². The number of nitrogens with one attached hydrogen (secondary N) is 2. The zero-order valence-corrected chi connectivity index (χ0v) is 26.4. The van der Waals surface area contributed by atoms with Gasteiger partial charge in [0.05, 0.1) is 27.3 Å². The van der Waals surface area contributed by atoms with Gasteiger partial charge in [-0.3, -0.25) is 14.7 Å². The van der Waals surface area contributed by atoms with E-state index in [9.17, 15) is 36.7 Å². The fraction of sp³-hybridized carbons (Fsp3) is 0.290. The smallest absolute Gasteiger partial charge is 0.337 e. The van der Waals surface area contributed by atoms with Crippen LogP contribution in [-0.4, -0.2) is 88.1 Å². The first-order valence-corrected chi connectivity index (χ1v) is 16.3. The van der Waals surface area contributed by atoms with E-state index in [-0.39, 0.29) is 59.6 Å². The number of H-pyrrole nitrogens is 1. The van der Waals surface area contributed by atoms with E-state index >= 15 is 0 Å². The number of likely N-dealkylation sites (tertiary alicyclic amines) is 1. The Hall–Kier alpha value is -5.13. The second kappa shape index (κ2) is 12.8. The molecule has 6 rings (SSSR count). The van der Waals surface area contributed by atoms with Crippen molar-refractivity contribution in [2.45, 2.75) is 36.8 Å². The number of aromatic nitrogens is 3. The number of fused-ring (bicyclic) bond motifs is 1. The fourth-order valence-corrected chi connectivity index (χ4v) is 7.24. The number of aromatic carboxylic acids is 1. The maximum absolute atomic E-state index is 13.8. The Morgan fingerprint density at radius 3 is 2.42 bits per heavy atom. The van der Waals surface area contributed by atoms with Gasteiger partial charge in [-0.2, -0.15) is 9.40 Å². The van der Waals surface area contributed by atoms with Crippen molar-refractivity contribution in [1.29, 1.82) is 0 Å². The third kappa shape index (κ3) is 6.51. The first-order valence-electron chi connectivity index (χ1n) is 14.9. The Morgan fingerprint density at radius 1 is 1.06 bits per heavy atom. The van der Waals surface area contributed by atoms with E-state index in [1.54, 1.807) is 0 Å². The molecule has 4 heterocycles. The van der Waals surface area contributed by atoms with Crippen LogP contribution in [0.3, 0.4) is 0 Å². The third-order valence-corrected chi connectivity index (χ3v) is 10.2. The van der Waals surface area contributed by atoms with Crippen molar-refractivity contribution in [3.8, 4) is 11.4 Å². The van der Waals surface area contributed by atoms with Crippen LogP contribution in [0.5, 0.6) is 5.75 Å². The van der Waals surface area contributed by atoms with Gasteiger partial charge in [-0.15, -0.1) is 0 Å². The van der Waals surface area contributed by atoms with Gasteiger partial charge in [0.1, 0.15) is 23.5 Å². The molecular formula is C31H31F2N7O7S. The van der Waals surface area contributed by atoms with Crippen LogP contribution in [0.4, 0.5) is 14.6 Å². The van der Waals surface area contributed by atoms with Crippen molar-refractivity contribution in [3.05, 3.63) is 88.4 Å². The molecule has 48 heavy (non-hydrogen) atoms. The lowest BCUT2D eigenvalue weighted by molar-refractivity contribution is 0.0696. The van der Waals surface area contributed by atoms with Crippen LogP contribution in [-0.2, 0) is 23.0 Å². The maximum atomic E-state index is 13.8. The number of nitrogens with zero attached hydrogens (tertiary/aromatic N) is 4. The zero-order valence-electron chi connectivity index (χ0n) is 25.6. The summed E-state index contributed by atoms with van der Waals surface area (Å²) in [6, 6.07) is 6.09. The number of benzene rings is 2. The number of carbonyl (C=O) groups excluding carboxylic acids is 2. The molecule has 4 aromatic rings. The number of halogens is 2. The number of anilines is 1. The van der Waals surface area contributed by atoms with Gasteiger partial charge < -0.3 is 30.4 Å². The van der Waals surface area contributed by atoms with E-state index in [4.69, 9.17) is 10.5 Å². The molecular weight excluding hydrogens is 652 g/mol. The topological polar surface area (TPSA) is 193 Å². The Balaban J connectivity index is 1.33. The average Bonchev–Trinajstić information content (AvgIpc) is 3.69. The molecule has 1 fully saturated rings. The van der Waals surface area contributed by atoms with Gasteiger partial charge >= 0.3 is 5.97 Å². The maximum Gasteiger partial charge on any atom is 0.337 e. The Bertz CT molecular complexity index is 2020. The van der Waals surface area contributed by atoms with Crippen molar-refractivity contribution in [1.82, 2.24) is 24.0 Å². The predicted molar refractivity (Wildman–Crippen MR) is 167 cm³/mol. The van der Waals surface area contributed by atoms with Crippen molar-refractivity contribution in [3.63, 3.8) is 0 Å². The minimum Gasteiger partial charge on any atom is -0.488 e. The number of aromatic amines is 1. The Morgan fingerprint density at radius 2 is 1.77 bits per heavy atom. The minimum absolute atomic E-state index is 0.0196. The second-order valence-corrected chi connectivity index (χ2v) is 13.6. The van der Waals surface area contributed by atoms with Crippen molar-refractivity contribution in [2.24, 2.45) is 5.73 Å². The summed E-state index contributed by atoms with van der Waals surface area (Å²) in [7, 11) is -2.33. The lowest BCUT2D eigenvalue weighted by atomic mass is 10.0. The molecule has 0 aliphatic carbocycles. The number of piperidine rings is 1. The average molecular weight is 684 g/mol. The molecule has 0 spiro atoms. The molecule has 5 N–H and O–H groups in total. The van der Waals surface area contributed by atoms with Gasteiger partial charge in [-0.25, -0.2) is 22.0 Å². The highest BCUT2D eigenvalue weighted by Crippen LogP contribution is 2.33. The minimum atomic E-state index is -4.33. The predicted octanol–water partition coefficient (Wildman–Crippen LogP) is 2.75. The standard InChI is InChI=1S/C31H31F2N7O7S/c1-38-6-3-20(4-7-38)47-27-14-22(28(34)41)23(13-26(27)39-8-2-17(15-39)31(43)44)30(42)35-29-24-16-40(9-5-25(24)36-37-29)48(45,46)21-11-18(32)10-19(33)12-21/h2,8,10-15,20H,3-7,9,16H2,1H3,(H2,34,41)(H,43,44)(H2,35,36,37,42). The van der Waals surface area contributed by atoms with E-state index in [0.717, 1.165) is 29.5 Å². The number of hydrogen-bond donors (Lipinski definition) is 4. The zero-order chi connectivity index (χ0) is 34.3. The first kappa shape index (κ1) is 32.8. The summed E-state index contributed by atoms with van der Waals surface area (Å²) < 4.78 is 63.0.